The van der Waals surface area contributed by atoms with Gasteiger partial charge < -0.3 is 24.6 Å². The Morgan fingerprint density at radius 2 is 2.13 bits per heavy atom. The highest BCUT2D eigenvalue weighted by molar-refractivity contribution is 5.71. The number of ether oxygens (including phenoxy) is 3. The number of rotatable bonds is 4. The lowest BCUT2D eigenvalue weighted by molar-refractivity contribution is -0.142. The van der Waals surface area contributed by atoms with Crippen LogP contribution in [0.2, 0.25) is 0 Å². The Bertz CT molecular complexity index is 946. The summed E-state index contributed by atoms with van der Waals surface area (Å²) in [4.78, 5) is 14.3. The number of methoxy groups -OCH3 is 2. The number of aliphatic carboxylic acids is 1. The topological polar surface area (TPSA) is 80.3 Å². The molecule has 0 amide bonds. The maximum Gasteiger partial charge on any atom is 0.305 e. The third-order valence-electron chi connectivity index (χ3n) is 8.39. The zero-order valence-electron chi connectivity index (χ0n) is 17.4. The number of hydrogen-bond acceptors (Lipinski definition) is 6. The van der Waals surface area contributed by atoms with Crippen molar-refractivity contribution in [3.05, 3.63) is 29.3 Å². The van der Waals surface area contributed by atoms with Gasteiger partial charge in [-0.2, -0.15) is 0 Å². The quantitative estimate of drug-likeness (QED) is 0.735. The average molecular weight is 412 g/mol. The molecule has 3 fully saturated rings. The molecule has 0 unspecified atom stereocenters. The van der Waals surface area contributed by atoms with Crippen molar-refractivity contribution >= 4 is 11.7 Å². The van der Waals surface area contributed by atoms with Gasteiger partial charge in [0.15, 0.2) is 11.5 Å². The van der Waals surface area contributed by atoms with Gasteiger partial charge in [0.05, 0.1) is 33.4 Å². The first-order valence-electron chi connectivity index (χ1n) is 10.9. The summed E-state index contributed by atoms with van der Waals surface area (Å²) in [5.41, 5.74) is 3.77. The smallest absolute Gasteiger partial charge is 0.305 e. The van der Waals surface area contributed by atoms with Crippen molar-refractivity contribution in [2.24, 2.45) is 11.8 Å². The largest absolute Gasteiger partial charge is 0.493 e. The molecule has 0 aromatic heterocycles. The predicted molar refractivity (Wildman–Crippen MR) is 110 cm³/mol. The Kier molecular flexibility index (Phi) is 3.93. The van der Waals surface area contributed by atoms with E-state index in [9.17, 15) is 9.90 Å². The number of nitrogens with one attached hydrogen (secondary N) is 1. The van der Waals surface area contributed by atoms with Crippen molar-refractivity contribution in [2.45, 2.75) is 42.9 Å². The summed E-state index contributed by atoms with van der Waals surface area (Å²) in [5.74, 6) is 1.19. The fraction of sp³-hybridized carbons (Fsp3) is 0.609. The van der Waals surface area contributed by atoms with Gasteiger partial charge in [0.2, 0.25) is 0 Å². The molecule has 1 saturated carbocycles. The number of piperidine rings is 1. The number of carboxylic acids is 1. The minimum atomic E-state index is -0.790. The first kappa shape index (κ1) is 18.5. The summed E-state index contributed by atoms with van der Waals surface area (Å²) >= 11 is 0. The number of carbonyl (C=O) groups is 1. The highest BCUT2D eigenvalue weighted by atomic mass is 16.5. The standard InChI is InChI=1S/C23H28N2O5/c1-28-16-8-14-15(9-17(16)29-2)24-22-21-13-7-19-23(14,22)4-5-25(19)11-12(13)3-6-30-18(21)10-20(26)27/h3,8-9,13,18-19,21-22,24H,4-7,10-11H2,1-2H3,(H,26,27)/t13-,18-,19+,21+,22+,23-/m0/s1. The number of nitrogens with zero attached hydrogens (tertiary/aromatic N) is 1. The van der Waals surface area contributed by atoms with Gasteiger partial charge in [0.25, 0.3) is 0 Å². The molecule has 1 aliphatic carbocycles. The molecule has 7 nitrogen and oxygen atoms in total. The van der Waals surface area contributed by atoms with Crippen molar-refractivity contribution in [3.8, 4) is 11.5 Å². The van der Waals surface area contributed by atoms with Crippen LogP contribution in [0.15, 0.2) is 23.8 Å². The van der Waals surface area contributed by atoms with Crippen LogP contribution in [-0.4, -0.2) is 68.1 Å². The number of anilines is 1. The Labute approximate surface area is 176 Å². The van der Waals surface area contributed by atoms with E-state index in [0.717, 1.165) is 43.1 Å². The van der Waals surface area contributed by atoms with E-state index >= 15 is 0 Å². The zero-order valence-corrected chi connectivity index (χ0v) is 17.4. The molecule has 1 aromatic carbocycles. The van der Waals surface area contributed by atoms with Crippen LogP contribution in [-0.2, 0) is 14.9 Å². The van der Waals surface area contributed by atoms with E-state index in [-0.39, 0.29) is 29.9 Å². The van der Waals surface area contributed by atoms with E-state index in [2.05, 4.69) is 22.4 Å². The van der Waals surface area contributed by atoms with Crippen LogP contribution in [0, 0.1) is 11.8 Å². The van der Waals surface area contributed by atoms with E-state index in [4.69, 9.17) is 14.2 Å². The van der Waals surface area contributed by atoms with E-state index < -0.39 is 5.97 Å². The lowest BCUT2D eigenvalue weighted by atomic mass is 9.54. The fourth-order valence-electron chi connectivity index (χ4n) is 7.32. The third kappa shape index (κ3) is 2.25. The first-order chi connectivity index (χ1) is 14.6. The summed E-state index contributed by atoms with van der Waals surface area (Å²) in [6.45, 7) is 2.55. The van der Waals surface area contributed by atoms with Crippen molar-refractivity contribution < 1.29 is 24.1 Å². The maximum absolute atomic E-state index is 11.7. The van der Waals surface area contributed by atoms with Crippen LogP contribution < -0.4 is 14.8 Å². The summed E-state index contributed by atoms with van der Waals surface area (Å²) in [6.07, 6.45) is 4.11. The number of hydrogen-bond donors (Lipinski definition) is 2. The third-order valence-corrected chi connectivity index (χ3v) is 8.39. The number of carboxylic acid groups (broad SMARTS) is 1. The molecule has 1 spiro atoms. The van der Waals surface area contributed by atoms with Gasteiger partial charge >= 0.3 is 5.97 Å². The lowest BCUT2D eigenvalue weighted by Gasteiger charge is -2.55. The van der Waals surface area contributed by atoms with Gasteiger partial charge in [-0.1, -0.05) is 11.6 Å². The van der Waals surface area contributed by atoms with Gasteiger partial charge in [0, 0.05) is 41.7 Å². The molecule has 6 atom stereocenters. The van der Waals surface area contributed by atoms with E-state index in [1.165, 1.54) is 11.1 Å². The molecule has 1 aromatic rings. The van der Waals surface area contributed by atoms with Gasteiger partial charge in [-0.25, -0.2) is 0 Å². The van der Waals surface area contributed by atoms with Crippen molar-refractivity contribution in [1.29, 1.82) is 0 Å². The van der Waals surface area contributed by atoms with Crippen LogP contribution in [0.5, 0.6) is 11.5 Å². The average Bonchev–Trinajstić information content (AvgIpc) is 3.21. The van der Waals surface area contributed by atoms with Gasteiger partial charge in [-0.05, 0) is 36.9 Å². The Morgan fingerprint density at radius 1 is 1.33 bits per heavy atom. The van der Waals surface area contributed by atoms with E-state index in [0.29, 0.717) is 18.6 Å². The van der Waals surface area contributed by atoms with Gasteiger partial charge in [-0.15, -0.1) is 0 Å². The van der Waals surface area contributed by atoms with Crippen LogP contribution in [0.1, 0.15) is 24.8 Å². The molecule has 0 radical (unpaired) electrons. The molecule has 5 aliphatic rings. The zero-order chi connectivity index (χ0) is 20.6. The molecule has 4 aliphatic heterocycles. The summed E-state index contributed by atoms with van der Waals surface area (Å²) in [6, 6.07) is 4.80. The Hall–Kier alpha value is -2.25. The molecular weight excluding hydrogens is 384 g/mol. The van der Waals surface area contributed by atoms with Crippen LogP contribution in [0.3, 0.4) is 0 Å². The lowest BCUT2D eigenvalue weighted by Crippen LogP contribution is -2.64. The SMILES string of the molecule is COc1cc2c(cc1OC)[C@]13CCN4CC5=CCO[C@@H](CC(=O)O)[C@H]([C@H]1N2)[C@H]5C[C@@H]43. The minimum absolute atomic E-state index is 0.0495. The molecule has 2 saturated heterocycles. The van der Waals surface area contributed by atoms with Gasteiger partial charge in [0.1, 0.15) is 0 Å². The van der Waals surface area contributed by atoms with Gasteiger partial charge in [-0.3, -0.25) is 9.69 Å². The Balaban J connectivity index is 1.52. The normalized spacial score (nSPS) is 38.1. The summed E-state index contributed by atoms with van der Waals surface area (Å²) in [7, 11) is 3.34. The van der Waals surface area contributed by atoms with E-state index in [1.807, 2.05) is 6.07 Å². The maximum atomic E-state index is 11.7. The molecular formula is C23H28N2O5. The summed E-state index contributed by atoms with van der Waals surface area (Å²) in [5, 5.41) is 13.4. The molecule has 2 bridgehead atoms. The van der Waals surface area contributed by atoms with E-state index in [1.54, 1.807) is 14.2 Å². The highest BCUT2D eigenvalue weighted by Gasteiger charge is 2.67. The minimum Gasteiger partial charge on any atom is -0.493 e. The molecule has 2 N–H and O–H groups in total. The summed E-state index contributed by atoms with van der Waals surface area (Å²) < 4.78 is 17.4. The second-order valence-corrected chi connectivity index (χ2v) is 9.32. The van der Waals surface area contributed by atoms with Crippen LogP contribution >= 0.6 is 0 Å². The molecule has 30 heavy (non-hydrogen) atoms. The second-order valence-electron chi connectivity index (χ2n) is 9.32. The predicted octanol–water partition coefficient (Wildman–Crippen LogP) is 2.26. The molecule has 6 rings (SSSR count). The molecule has 4 heterocycles. The Morgan fingerprint density at radius 3 is 2.90 bits per heavy atom. The monoisotopic (exact) mass is 412 g/mol. The fourth-order valence-corrected chi connectivity index (χ4v) is 7.32. The molecule has 7 heteroatoms. The molecule has 160 valence electrons. The number of benzene rings is 1. The van der Waals surface area contributed by atoms with Crippen molar-refractivity contribution in [2.75, 3.05) is 39.2 Å². The first-order valence-corrected chi connectivity index (χ1v) is 10.9. The van der Waals surface area contributed by atoms with Crippen LogP contribution in [0.25, 0.3) is 0 Å². The van der Waals surface area contributed by atoms with Crippen molar-refractivity contribution in [3.63, 3.8) is 0 Å². The van der Waals surface area contributed by atoms with Crippen molar-refractivity contribution in [1.82, 2.24) is 4.90 Å². The number of fused-ring (bicyclic) bond motifs is 2. The van der Waals surface area contributed by atoms with Crippen LogP contribution in [0.4, 0.5) is 5.69 Å². The second kappa shape index (κ2) is 6.37. The highest BCUT2D eigenvalue weighted by Crippen LogP contribution is 2.63.